The number of aliphatic carboxylic acids is 2. The Balaban J connectivity index is 0.000000543. The fourth-order valence-corrected chi connectivity index (χ4v) is 4.59. The molecule has 0 aromatic heterocycles. The normalized spacial score (nSPS) is 29.8. The third-order valence-corrected chi connectivity index (χ3v) is 6.84. The molecule has 0 aliphatic carbocycles. The number of aliphatic hydroxyl groups excluding tert-OH is 3. The Morgan fingerprint density at radius 3 is 1.51 bits per heavy atom. The van der Waals surface area contributed by atoms with Crippen molar-refractivity contribution in [2.75, 3.05) is 26.4 Å². The van der Waals surface area contributed by atoms with Gasteiger partial charge >= 0.3 is 29.8 Å². The number of aliphatic hydroxyl groups is 3. The van der Waals surface area contributed by atoms with E-state index in [-0.39, 0.29) is 0 Å². The second-order valence-electron chi connectivity index (χ2n) is 11.2. The molecule has 2 aliphatic rings. The van der Waals surface area contributed by atoms with Gasteiger partial charge in [-0.1, -0.05) is 0 Å². The minimum Gasteiger partial charge on any atom is -0.480 e. The van der Waals surface area contributed by atoms with Crippen LogP contribution in [-0.2, 0) is 66.7 Å². The summed E-state index contributed by atoms with van der Waals surface area (Å²) in [5.74, 6) is -5.86. The second kappa shape index (κ2) is 21.3. The first-order valence-corrected chi connectivity index (χ1v) is 15.2. The number of carbonyl (C=O) groups is 7. The van der Waals surface area contributed by atoms with Gasteiger partial charge in [0.25, 0.3) is 0 Å². The largest absolute Gasteiger partial charge is 0.480 e. The summed E-state index contributed by atoms with van der Waals surface area (Å²) in [7, 11) is 0. The van der Waals surface area contributed by atoms with Crippen LogP contribution in [0.4, 0.5) is 0 Å². The van der Waals surface area contributed by atoms with E-state index >= 15 is 0 Å². The van der Waals surface area contributed by atoms with Crippen LogP contribution in [0, 0.1) is 0 Å². The van der Waals surface area contributed by atoms with Gasteiger partial charge in [0.2, 0.25) is 11.8 Å². The summed E-state index contributed by atoms with van der Waals surface area (Å²) in [6, 6.07) is -5.04. The van der Waals surface area contributed by atoms with E-state index in [9.17, 15) is 43.8 Å². The number of carboxylic acids is 2. The molecule has 51 heavy (non-hydrogen) atoms. The van der Waals surface area contributed by atoms with E-state index in [0.29, 0.717) is 0 Å². The van der Waals surface area contributed by atoms with Gasteiger partial charge < -0.3 is 80.8 Å². The summed E-state index contributed by atoms with van der Waals surface area (Å²) in [4.78, 5) is 78.9. The van der Waals surface area contributed by atoms with Gasteiger partial charge in [-0.15, -0.1) is 0 Å². The summed E-state index contributed by atoms with van der Waals surface area (Å²) in [6.45, 7) is 3.79. The van der Waals surface area contributed by atoms with Crippen molar-refractivity contribution in [1.29, 1.82) is 0 Å². The maximum Gasteiger partial charge on any atom is 0.322 e. The number of rotatable bonds is 15. The van der Waals surface area contributed by atoms with Crippen molar-refractivity contribution in [1.82, 2.24) is 10.6 Å². The van der Waals surface area contributed by atoms with Gasteiger partial charge in [-0.2, -0.15) is 0 Å². The third-order valence-electron chi connectivity index (χ3n) is 6.84. The fraction of sp³-hybridized carbons (Fsp3) is 0.750. The topological polar surface area (TPSA) is 361 Å². The number of esters is 3. The highest BCUT2D eigenvalue weighted by molar-refractivity contribution is 5.75. The number of carboxylic acid groups (broad SMARTS) is 2. The van der Waals surface area contributed by atoms with Crippen LogP contribution in [0.2, 0.25) is 0 Å². The average molecular weight is 743 g/mol. The molecule has 23 heteroatoms. The van der Waals surface area contributed by atoms with E-state index in [1.54, 1.807) is 0 Å². The summed E-state index contributed by atoms with van der Waals surface area (Å²) in [5.41, 5.74) is 10.7. The maximum absolute atomic E-state index is 11.7. The van der Waals surface area contributed by atoms with Gasteiger partial charge in [0.05, 0.1) is 19.8 Å². The molecule has 11 N–H and O–H groups in total. The smallest absolute Gasteiger partial charge is 0.322 e. The van der Waals surface area contributed by atoms with E-state index in [0.717, 1.165) is 20.8 Å². The standard InChI is InChI=1S/C17H26N2O11.C11H20N2O8/c1-7(20)19-13-15(29-10(4)23)14(28-9(3)22)12(6-26-8(2)21)30-17(13)27-5-11(18)16(24)25;1-4(15)13-7-9(17)8(16)6(2-14)21-11(7)20-3-5(12)10(18)19/h11-15,17H,5-6,18H2,1-4H3,(H,19,20)(H,24,25);5-9,11,14,16-17H,2-3,12H2,1H3,(H,13,15)(H,18,19)/t11-,12?,13?,14+,15+,17+;5-,6?,7?,8+,9+,11+/m00/s1. The molecule has 0 spiro atoms. The molecule has 23 nitrogen and oxygen atoms in total. The van der Waals surface area contributed by atoms with Crippen molar-refractivity contribution >= 4 is 41.7 Å². The zero-order valence-electron chi connectivity index (χ0n) is 28.4. The Morgan fingerprint density at radius 1 is 0.667 bits per heavy atom. The Morgan fingerprint density at radius 2 is 1.10 bits per heavy atom. The van der Waals surface area contributed by atoms with Crippen molar-refractivity contribution < 1.29 is 92.3 Å². The Kier molecular flexibility index (Phi) is 18.8. The maximum atomic E-state index is 11.7. The first-order chi connectivity index (χ1) is 23.7. The van der Waals surface area contributed by atoms with E-state index < -0.39 is 141 Å². The van der Waals surface area contributed by atoms with Gasteiger partial charge in [-0.3, -0.25) is 33.6 Å². The molecule has 12 atom stereocenters. The molecule has 2 aliphatic heterocycles. The van der Waals surface area contributed by atoms with Crippen LogP contribution < -0.4 is 22.1 Å². The van der Waals surface area contributed by atoms with Crippen LogP contribution in [0.15, 0.2) is 0 Å². The Labute approximate surface area is 290 Å². The minimum atomic E-state index is -1.45. The molecule has 0 bridgehead atoms. The molecule has 2 rings (SSSR count). The van der Waals surface area contributed by atoms with Crippen LogP contribution in [-0.4, -0.2) is 167 Å². The lowest BCUT2D eigenvalue weighted by molar-refractivity contribution is -0.278. The van der Waals surface area contributed by atoms with Crippen LogP contribution >= 0.6 is 0 Å². The first kappa shape index (κ1) is 45.0. The SMILES string of the molecule is CC(=O)NC1[C@H](OC[C@H](N)C(=O)O)OC(CO)[C@@H](O)[C@@H]1O.CC(=O)NC1[C@H](OC[C@H](N)C(=O)O)OC(COC(C)=O)[C@@H](OC(C)=O)[C@@H]1OC(C)=O. The van der Waals surface area contributed by atoms with Crippen LogP contribution in [0.1, 0.15) is 34.6 Å². The Bertz CT molecular complexity index is 1220. The van der Waals surface area contributed by atoms with Crippen LogP contribution in [0.25, 0.3) is 0 Å². The quantitative estimate of drug-likeness (QED) is 0.0558. The highest BCUT2D eigenvalue weighted by atomic mass is 16.7. The van der Waals surface area contributed by atoms with Crippen molar-refractivity contribution in [3.05, 3.63) is 0 Å². The predicted octanol–water partition coefficient (Wildman–Crippen LogP) is -5.57. The monoisotopic (exact) mass is 742 g/mol. The van der Waals surface area contributed by atoms with Crippen LogP contribution in [0.3, 0.4) is 0 Å². The summed E-state index contributed by atoms with van der Waals surface area (Å²) < 4.78 is 36.8. The van der Waals surface area contributed by atoms with Crippen molar-refractivity contribution in [2.45, 2.75) is 108 Å². The zero-order chi connectivity index (χ0) is 39.2. The summed E-state index contributed by atoms with van der Waals surface area (Å²) in [5, 5.41) is 51.2. The lowest BCUT2D eigenvalue weighted by Gasteiger charge is -2.45. The van der Waals surface area contributed by atoms with Crippen molar-refractivity contribution in [2.24, 2.45) is 11.5 Å². The lowest BCUT2D eigenvalue weighted by atomic mass is 9.96. The number of hydrogen-bond donors (Lipinski definition) is 9. The summed E-state index contributed by atoms with van der Waals surface area (Å²) in [6.07, 6.45) is -10.3. The molecular weight excluding hydrogens is 696 g/mol. The van der Waals surface area contributed by atoms with Crippen LogP contribution in [0.5, 0.6) is 0 Å². The molecular formula is C28H46N4O19. The molecule has 2 fully saturated rings. The molecule has 292 valence electrons. The van der Waals surface area contributed by atoms with Crippen molar-refractivity contribution in [3.63, 3.8) is 0 Å². The molecule has 0 aromatic carbocycles. The highest BCUT2D eigenvalue weighted by Crippen LogP contribution is 2.28. The lowest BCUT2D eigenvalue weighted by Crippen LogP contribution is -2.66. The van der Waals surface area contributed by atoms with Crippen molar-refractivity contribution in [3.8, 4) is 0 Å². The number of ether oxygens (including phenoxy) is 7. The van der Waals surface area contributed by atoms with Gasteiger partial charge in [0.15, 0.2) is 24.8 Å². The molecule has 2 saturated heterocycles. The minimum absolute atomic E-state index is 0.400. The number of nitrogens with one attached hydrogen (secondary N) is 2. The van der Waals surface area contributed by atoms with E-state index in [4.69, 9.17) is 59.9 Å². The van der Waals surface area contributed by atoms with Gasteiger partial charge in [0.1, 0.15) is 55.2 Å². The Hall–Kier alpha value is -4.07. The summed E-state index contributed by atoms with van der Waals surface area (Å²) >= 11 is 0. The molecule has 2 heterocycles. The number of carbonyl (C=O) groups excluding carboxylic acids is 5. The van der Waals surface area contributed by atoms with Gasteiger partial charge in [-0.05, 0) is 0 Å². The third kappa shape index (κ3) is 15.0. The average Bonchev–Trinajstić information content (AvgIpc) is 3.02. The highest BCUT2D eigenvalue weighted by Gasteiger charge is 2.51. The predicted molar refractivity (Wildman–Crippen MR) is 162 cm³/mol. The van der Waals surface area contributed by atoms with E-state index in [2.05, 4.69) is 10.6 Å². The molecule has 0 saturated carbocycles. The number of nitrogens with two attached hydrogens (primary N) is 2. The van der Waals surface area contributed by atoms with Gasteiger partial charge in [0, 0.05) is 34.6 Å². The second-order valence-corrected chi connectivity index (χ2v) is 11.2. The van der Waals surface area contributed by atoms with E-state index in [1.807, 2.05) is 0 Å². The van der Waals surface area contributed by atoms with Gasteiger partial charge in [-0.25, -0.2) is 0 Å². The molecule has 4 unspecified atom stereocenters. The number of amides is 2. The first-order valence-electron chi connectivity index (χ1n) is 15.2. The van der Waals surface area contributed by atoms with E-state index in [1.165, 1.54) is 13.8 Å². The molecule has 2 amide bonds. The zero-order valence-corrected chi connectivity index (χ0v) is 28.4. The fourth-order valence-electron chi connectivity index (χ4n) is 4.59. The molecule has 0 radical (unpaired) electrons. The number of hydrogen-bond acceptors (Lipinski definition) is 19. The molecule has 0 aromatic rings.